The normalized spacial score (nSPS) is 19.1. The predicted molar refractivity (Wildman–Crippen MR) is 76.2 cm³/mol. The minimum Gasteiger partial charge on any atom is -0.379 e. The standard InChI is InChI=1S/C14H24N4O/c1-11(2)8-15-9-12-4-5-14(17-16-12)18(3)13-6-7-19-10-13/h4-5,11,13,15H,6-10H2,1-3H3. The lowest BCUT2D eigenvalue weighted by Crippen LogP contribution is -2.32. The summed E-state index contributed by atoms with van der Waals surface area (Å²) in [6.45, 7) is 7.81. The van der Waals surface area contributed by atoms with Gasteiger partial charge in [-0.25, -0.2) is 0 Å². The highest BCUT2D eigenvalue weighted by molar-refractivity contribution is 5.37. The van der Waals surface area contributed by atoms with Crippen molar-refractivity contribution in [3.63, 3.8) is 0 Å². The fourth-order valence-electron chi connectivity index (χ4n) is 2.14. The van der Waals surface area contributed by atoms with Gasteiger partial charge in [-0.1, -0.05) is 13.8 Å². The van der Waals surface area contributed by atoms with Gasteiger partial charge in [0, 0.05) is 20.2 Å². The average molecular weight is 264 g/mol. The Bertz CT molecular complexity index is 374. The summed E-state index contributed by atoms with van der Waals surface area (Å²) in [6, 6.07) is 4.51. The molecule has 1 N–H and O–H groups in total. The van der Waals surface area contributed by atoms with E-state index in [1.54, 1.807) is 0 Å². The second kappa shape index (κ2) is 6.82. The molecule has 1 fully saturated rings. The van der Waals surface area contributed by atoms with Gasteiger partial charge < -0.3 is 15.0 Å². The fraction of sp³-hybridized carbons (Fsp3) is 0.714. The van der Waals surface area contributed by atoms with E-state index in [-0.39, 0.29) is 0 Å². The Morgan fingerprint density at radius 3 is 2.84 bits per heavy atom. The molecule has 0 amide bonds. The number of nitrogens with zero attached hydrogens (tertiary/aromatic N) is 3. The van der Waals surface area contributed by atoms with Crippen LogP contribution in [0.2, 0.25) is 0 Å². The second-order valence-electron chi connectivity index (χ2n) is 5.54. The molecule has 2 heterocycles. The Labute approximate surface area is 115 Å². The molecule has 1 saturated heterocycles. The molecule has 0 bridgehead atoms. The van der Waals surface area contributed by atoms with Crippen molar-refractivity contribution in [3.05, 3.63) is 17.8 Å². The Morgan fingerprint density at radius 1 is 1.42 bits per heavy atom. The number of nitrogens with one attached hydrogen (secondary N) is 1. The van der Waals surface area contributed by atoms with Crippen molar-refractivity contribution in [1.82, 2.24) is 15.5 Å². The molecule has 1 aliphatic rings. The van der Waals surface area contributed by atoms with Crippen LogP contribution in [0.25, 0.3) is 0 Å². The van der Waals surface area contributed by atoms with Crippen LogP contribution in [0.15, 0.2) is 12.1 Å². The van der Waals surface area contributed by atoms with Crippen LogP contribution in [0, 0.1) is 5.92 Å². The quantitative estimate of drug-likeness (QED) is 0.842. The maximum atomic E-state index is 5.40. The lowest BCUT2D eigenvalue weighted by molar-refractivity contribution is 0.193. The highest BCUT2D eigenvalue weighted by Crippen LogP contribution is 2.17. The Balaban J connectivity index is 1.86. The number of aromatic nitrogens is 2. The first-order chi connectivity index (χ1) is 9.16. The van der Waals surface area contributed by atoms with E-state index in [2.05, 4.69) is 41.3 Å². The van der Waals surface area contributed by atoms with E-state index in [9.17, 15) is 0 Å². The van der Waals surface area contributed by atoms with E-state index >= 15 is 0 Å². The molecule has 1 aromatic rings. The number of likely N-dealkylation sites (N-methyl/N-ethyl adjacent to an activating group) is 1. The van der Waals surface area contributed by atoms with E-state index in [0.29, 0.717) is 12.0 Å². The highest BCUT2D eigenvalue weighted by Gasteiger charge is 2.21. The third kappa shape index (κ3) is 4.14. The Hall–Kier alpha value is -1.20. The minimum absolute atomic E-state index is 0.430. The molecule has 5 heteroatoms. The van der Waals surface area contributed by atoms with Crippen molar-refractivity contribution in [3.8, 4) is 0 Å². The summed E-state index contributed by atoms with van der Waals surface area (Å²) >= 11 is 0. The monoisotopic (exact) mass is 264 g/mol. The smallest absolute Gasteiger partial charge is 0.151 e. The summed E-state index contributed by atoms with van der Waals surface area (Å²) in [5.74, 6) is 1.57. The van der Waals surface area contributed by atoms with Gasteiger partial charge in [0.05, 0.1) is 18.3 Å². The van der Waals surface area contributed by atoms with E-state index < -0.39 is 0 Å². The first kappa shape index (κ1) is 14.2. The van der Waals surface area contributed by atoms with Crippen LogP contribution < -0.4 is 10.2 Å². The molecule has 0 saturated carbocycles. The Morgan fingerprint density at radius 2 is 2.26 bits per heavy atom. The van der Waals surface area contributed by atoms with Crippen LogP contribution in [0.3, 0.4) is 0 Å². The zero-order valence-corrected chi connectivity index (χ0v) is 12.1. The maximum Gasteiger partial charge on any atom is 0.151 e. The molecule has 19 heavy (non-hydrogen) atoms. The zero-order valence-electron chi connectivity index (χ0n) is 12.1. The van der Waals surface area contributed by atoms with Gasteiger partial charge in [-0.2, -0.15) is 5.10 Å². The van der Waals surface area contributed by atoms with Crippen molar-refractivity contribution in [1.29, 1.82) is 0 Å². The second-order valence-corrected chi connectivity index (χ2v) is 5.54. The number of anilines is 1. The highest BCUT2D eigenvalue weighted by atomic mass is 16.5. The first-order valence-corrected chi connectivity index (χ1v) is 7.00. The van der Waals surface area contributed by atoms with E-state index in [4.69, 9.17) is 4.74 Å². The number of rotatable bonds is 6. The number of ether oxygens (including phenoxy) is 1. The van der Waals surface area contributed by atoms with Gasteiger partial charge in [-0.15, -0.1) is 5.10 Å². The largest absolute Gasteiger partial charge is 0.379 e. The Kier molecular flexibility index (Phi) is 5.10. The molecule has 0 radical (unpaired) electrons. The van der Waals surface area contributed by atoms with Gasteiger partial charge in [0.15, 0.2) is 5.82 Å². The van der Waals surface area contributed by atoms with Gasteiger partial charge in [0.2, 0.25) is 0 Å². The molecular formula is C14H24N4O. The van der Waals surface area contributed by atoms with Crippen LogP contribution in [-0.2, 0) is 11.3 Å². The van der Waals surface area contributed by atoms with Gasteiger partial charge in [-0.3, -0.25) is 0 Å². The van der Waals surface area contributed by atoms with Crippen LogP contribution in [0.4, 0.5) is 5.82 Å². The summed E-state index contributed by atoms with van der Waals surface area (Å²) in [5, 5.41) is 11.9. The van der Waals surface area contributed by atoms with Crippen molar-refractivity contribution in [2.75, 3.05) is 31.7 Å². The van der Waals surface area contributed by atoms with Crippen LogP contribution in [0.5, 0.6) is 0 Å². The SMILES string of the molecule is CC(C)CNCc1ccc(N(C)C2CCOC2)nn1. The molecule has 1 unspecified atom stereocenters. The molecule has 1 aromatic heterocycles. The number of hydrogen-bond donors (Lipinski definition) is 1. The summed E-state index contributed by atoms with van der Waals surface area (Å²) in [5.41, 5.74) is 0.987. The van der Waals surface area contributed by atoms with Gasteiger partial charge in [-0.05, 0) is 31.0 Å². The molecule has 1 aliphatic heterocycles. The third-order valence-corrected chi connectivity index (χ3v) is 3.38. The average Bonchev–Trinajstić information content (AvgIpc) is 2.92. The fourth-order valence-corrected chi connectivity index (χ4v) is 2.14. The summed E-state index contributed by atoms with van der Waals surface area (Å²) < 4.78 is 5.40. The maximum absolute atomic E-state index is 5.40. The van der Waals surface area contributed by atoms with E-state index in [1.165, 1.54) is 0 Å². The van der Waals surface area contributed by atoms with Crippen LogP contribution in [-0.4, -0.2) is 43.0 Å². The van der Waals surface area contributed by atoms with Crippen molar-refractivity contribution in [2.24, 2.45) is 5.92 Å². The minimum atomic E-state index is 0.430. The van der Waals surface area contributed by atoms with Gasteiger partial charge in [0.1, 0.15) is 0 Å². The number of hydrogen-bond acceptors (Lipinski definition) is 5. The third-order valence-electron chi connectivity index (χ3n) is 3.38. The first-order valence-electron chi connectivity index (χ1n) is 7.00. The van der Waals surface area contributed by atoms with Gasteiger partial charge >= 0.3 is 0 Å². The molecular weight excluding hydrogens is 240 g/mol. The van der Waals surface area contributed by atoms with Crippen LogP contribution in [0.1, 0.15) is 26.0 Å². The topological polar surface area (TPSA) is 50.3 Å². The van der Waals surface area contributed by atoms with Crippen LogP contribution >= 0.6 is 0 Å². The van der Waals surface area contributed by atoms with Crippen molar-refractivity contribution in [2.45, 2.75) is 32.9 Å². The lowest BCUT2D eigenvalue weighted by atomic mass is 10.2. The summed E-state index contributed by atoms with van der Waals surface area (Å²) in [4.78, 5) is 2.16. The van der Waals surface area contributed by atoms with Crippen molar-refractivity contribution < 1.29 is 4.74 Å². The molecule has 0 aromatic carbocycles. The molecule has 1 atom stereocenters. The summed E-state index contributed by atoms with van der Waals surface area (Å²) in [6.07, 6.45) is 1.07. The predicted octanol–water partition coefficient (Wildman–Crippen LogP) is 1.45. The van der Waals surface area contributed by atoms with E-state index in [0.717, 1.165) is 44.2 Å². The molecule has 106 valence electrons. The molecule has 5 nitrogen and oxygen atoms in total. The lowest BCUT2D eigenvalue weighted by Gasteiger charge is -2.23. The molecule has 2 rings (SSSR count). The zero-order chi connectivity index (χ0) is 13.7. The summed E-state index contributed by atoms with van der Waals surface area (Å²) in [7, 11) is 2.06. The molecule has 0 aliphatic carbocycles. The van der Waals surface area contributed by atoms with Crippen molar-refractivity contribution >= 4 is 5.82 Å². The molecule has 0 spiro atoms. The van der Waals surface area contributed by atoms with Gasteiger partial charge in [0.25, 0.3) is 0 Å². The van der Waals surface area contributed by atoms with E-state index in [1.807, 2.05) is 12.1 Å².